The normalized spacial score (nSPS) is 17.1. The summed E-state index contributed by atoms with van der Waals surface area (Å²) in [6, 6.07) is 11.0. The number of carbonyl (C=O) groups is 1. The van der Waals surface area contributed by atoms with E-state index in [0.29, 0.717) is 22.2 Å². The van der Waals surface area contributed by atoms with Crippen molar-refractivity contribution in [2.45, 2.75) is 31.8 Å². The first kappa shape index (κ1) is 21.0. The van der Waals surface area contributed by atoms with Crippen LogP contribution < -0.4 is 5.32 Å². The summed E-state index contributed by atoms with van der Waals surface area (Å²) in [5.74, 6) is -0.0314. The average molecular weight is 415 g/mol. The maximum Gasteiger partial charge on any atom is 0.254 e. The monoisotopic (exact) mass is 413 g/mol. The van der Waals surface area contributed by atoms with E-state index < -0.39 is 0 Å². The number of nitrogens with zero attached hydrogens (tertiary/aromatic N) is 2. The molecule has 1 aliphatic rings. The van der Waals surface area contributed by atoms with Crippen LogP contribution in [0.15, 0.2) is 42.6 Å². The van der Waals surface area contributed by atoms with E-state index in [0.717, 1.165) is 38.0 Å². The van der Waals surface area contributed by atoms with E-state index >= 15 is 0 Å². The zero-order valence-electron chi connectivity index (χ0n) is 14.3. The molecule has 0 spiro atoms. The molecule has 1 N–H and O–H groups in total. The number of hydrogen-bond acceptors (Lipinski definition) is 3. The Labute approximate surface area is 170 Å². The molecule has 1 unspecified atom stereocenters. The summed E-state index contributed by atoms with van der Waals surface area (Å²) >= 11 is 12.1. The highest BCUT2D eigenvalue weighted by atomic mass is 35.5. The van der Waals surface area contributed by atoms with Crippen molar-refractivity contribution in [1.29, 1.82) is 0 Å². The summed E-state index contributed by atoms with van der Waals surface area (Å²) in [6.45, 7) is 2.40. The van der Waals surface area contributed by atoms with E-state index in [1.165, 1.54) is 0 Å². The third kappa shape index (κ3) is 5.34. The molecule has 1 atom stereocenters. The molecular formula is C19H22Cl3N3O. The minimum absolute atomic E-state index is 0. The Morgan fingerprint density at radius 2 is 2.00 bits per heavy atom. The van der Waals surface area contributed by atoms with E-state index in [4.69, 9.17) is 23.2 Å². The van der Waals surface area contributed by atoms with Gasteiger partial charge in [0.2, 0.25) is 0 Å². The molecule has 3 rings (SSSR count). The van der Waals surface area contributed by atoms with Gasteiger partial charge in [-0.1, -0.05) is 29.3 Å². The van der Waals surface area contributed by atoms with Crippen molar-refractivity contribution in [3.05, 3.63) is 63.9 Å². The fourth-order valence-corrected chi connectivity index (χ4v) is 3.44. The number of halogens is 3. The first-order valence-electron chi connectivity index (χ1n) is 8.52. The molecule has 0 aliphatic carbocycles. The lowest BCUT2D eigenvalue weighted by Crippen LogP contribution is -2.40. The van der Waals surface area contributed by atoms with Crippen molar-refractivity contribution >= 4 is 41.5 Å². The number of amides is 1. The Bertz CT molecular complexity index is 719. The minimum atomic E-state index is -0.0314. The molecule has 26 heavy (non-hydrogen) atoms. The van der Waals surface area contributed by atoms with E-state index in [9.17, 15) is 4.79 Å². The number of pyridine rings is 1. The standard InChI is InChI=1S/C19H21Cl2N3O.ClH/c20-17-7-6-14(12-18(17)21)19(25)24(13-15-4-1-2-10-23-15)16-5-3-9-22-11-8-16;/h1-2,4,6-7,10,12,16,22H,3,5,8-9,11,13H2;1H. The van der Waals surface area contributed by atoms with Crippen molar-refractivity contribution < 1.29 is 4.79 Å². The third-order valence-electron chi connectivity index (χ3n) is 4.47. The van der Waals surface area contributed by atoms with Gasteiger partial charge < -0.3 is 10.2 Å². The lowest BCUT2D eigenvalue weighted by Gasteiger charge is -2.31. The quantitative estimate of drug-likeness (QED) is 0.795. The molecule has 1 amide bonds. The van der Waals surface area contributed by atoms with Crippen molar-refractivity contribution in [2.24, 2.45) is 0 Å². The molecule has 0 saturated carbocycles. The molecule has 4 nitrogen and oxygen atoms in total. The van der Waals surface area contributed by atoms with Crippen molar-refractivity contribution in [3.63, 3.8) is 0 Å². The van der Waals surface area contributed by atoms with Gasteiger partial charge in [0.15, 0.2) is 0 Å². The van der Waals surface area contributed by atoms with Crippen LogP contribution in [0, 0.1) is 0 Å². The van der Waals surface area contributed by atoms with Gasteiger partial charge in [0, 0.05) is 17.8 Å². The molecule has 1 saturated heterocycles. The smallest absolute Gasteiger partial charge is 0.254 e. The van der Waals surface area contributed by atoms with Gasteiger partial charge in [-0.2, -0.15) is 0 Å². The second kappa shape index (κ2) is 10.1. The topological polar surface area (TPSA) is 45.2 Å². The Hall–Kier alpha value is -1.33. The van der Waals surface area contributed by atoms with Crippen LogP contribution in [0.3, 0.4) is 0 Å². The van der Waals surface area contributed by atoms with Gasteiger partial charge in [-0.3, -0.25) is 9.78 Å². The van der Waals surface area contributed by atoms with Crippen LogP contribution in [-0.4, -0.2) is 34.9 Å². The van der Waals surface area contributed by atoms with Gasteiger partial charge in [-0.15, -0.1) is 12.4 Å². The number of hydrogen-bond donors (Lipinski definition) is 1. The number of aromatic nitrogens is 1. The predicted molar refractivity (Wildman–Crippen MR) is 108 cm³/mol. The first-order chi connectivity index (χ1) is 12.1. The highest BCUT2D eigenvalue weighted by Gasteiger charge is 2.26. The zero-order chi connectivity index (χ0) is 17.6. The van der Waals surface area contributed by atoms with E-state index in [-0.39, 0.29) is 24.4 Å². The number of benzene rings is 1. The molecule has 0 bridgehead atoms. The van der Waals surface area contributed by atoms with Crippen LogP contribution in [0.4, 0.5) is 0 Å². The summed E-state index contributed by atoms with van der Waals surface area (Å²) < 4.78 is 0. The van der Waals surface area contributed by atoms with Crippen molar-refractivity contribution in [2.75, 3.05) is 13.1 Å². The Kier molecular flexibility index (Phi) is 8.16. The summed E-state index contributed by atoms with van der Waals surface area (Å²) in [6.07, 6.45) is 4.72. The number of rotatable bonds is 4. The van der Waals surface area contributed by atoms with Crippen LogP contribution >= 0.6 is 35.6 Å². The predicted octanol–water partition coefficient (Wildman–Crippen LogP) is 4.59. The molecule has 140 valence electrons. The summed E-state index contributed by atoms with van der Waals surface area (Å²) in [7, 11) is 0. The van der Waals surface area contributed by atoms with Crippen molar-refractivity contribution in [3.8, 4) is 0 Å². The first-order valence-corrected chi connectivity index (χ1v) is 9.27. The lowest BCUT2D eigenvalue weighted by molar-refractivity contribution is 0.0642. The SMILES string of the molecule is Cl.O=C(c1ccc(Cl)c(Cl)c1)N(Cc1ccccn1)C1CCCNCC1. The van der Waals surface area contributed by atoms with Crippen molar-refractivity contribution in [1.82, 2.24) is 15.2 Å². The molecule has 1 fully saturated rings. The third-order valence-corrected chi connectivity index (χ3v) is 5.21. The van der Waals surface area contributed by atoms with Gasteiger partial charge >= 0.3 is 0 Å². The molecule has 2 aromatic rings. The second-order valence-electron chi connectivity index (χ2n) is 6.22. The maximum atomic E-state index is 13.2. The maximum absolute atomic E-state index is 13.2. The number of carbonyl (C=O) groups excluding carboxylic acids is 1. The summed E-state index contributed by atoms with van der Waals surface area (Å²) in [5, 5.41) is 4.25. The van der Waals surface area contributed by atoms with Crippen LogP contribution in [0.1, 0.15) is 35.3 Å². The summed E-state index contributed by atoms with van der Waals surface area (Å²) in [4.78, 5) is 19.5. The van der Waals surface area contributed by atoms with E-state index in [1.807, 2.05) is 23.1 Å². The second-order valence-corrected chi connectivity index (χ2v) is 7.03. The van der Waals surface area contributed by atoms with E-state index in [2.05, 4.69) is 10.3 Å². The highest BCUT2D eigenvalue weighted by Crippen LogP contribution is 2.25. The van der Waals surface area contributed by atoms with Crippen LogP contribution in [0.5, 0.6) is 0 Å². The lowest BCUT2D eigenvalue weighted by atomic mass is 10.0. The molecule has 7 heteroatoms. The van der Waals surface area contributed by atoms with Crippen LogP contribution in [0.25, 0.3) is 0 Å². The largest absolute Gasteiger partial charge is 0.330 e. The van der Waals surface area contributed by atoms with Crippen LogP contribution in [0.2, 0.25) is 10.0 Å². The number of nitrogens with one attached hydrogen (secondary N) is 1. The molecule has 1 aliphatic heterocycles. The molecule has 0 radical (unpaired) electrons. The fraction of sp³-hybridized carbons (Fsp3) is 0.368. The zero-order valence-corrected chi connectivity index (χ0v) is 16.7. The van der Waals surface area contributed by atoms with Gasteiger partial charge in [0.05, 0.1) is 22.3 Å². The van der Waals surface area contributed by atoms with Gasteiger partial charge in [0.1, 0.15) is 0 Å². The van der Waals surface area contributed by atoms with Gasteiger partial charge in [-0.25, -0.2) is 0 Å². The molecule has 1 aromatic carbocycles. The Balaban J connectivity index is 0.00000243. The average Bonchev–Trinajstić information content (AvgIpc) is 2.91. The molecular weight excluding hydrogens is 393 g/mol. The van der Waals surface area contributed by atoms with Gasteiger partial charge in [0.25, 0.3) is 5.91 Å². The molecule has 2 heterocycles. The molecule has 1 aromatic heterocycles. The van der Waals surface area contributed by atoms with Gasteiger partial charge in [-0.05, 0) is 62.7 Å². The fourth-order valence-electron chi connectivity index (χ4n) is 3.14. The summed E-state index contributed by atoms with van der Waals surface area (Å²) in [5.41, 5.74) is 1.44. The minimum Gasteiger partial charge on any atom is -0.330 e. The Morgan fingerprint density at radius 3 is 2.73 bits per heavy atom. The van der Waals surface area contributed by atoms with E-state index in [1.54, 1.807) is 24.4 Å². The van der Waals surface area contributed by atoms with Crippen LogP contribution in [-0.2, 0) is 6.54 Å². The Morgan fingerprint density at radius 1 is 1.15 bits per heavy atom. The highest BCUT2D eigenvalue weighted by molar-refractivity contribution is 6.42.